The topological polar surface area (TPSA) is 57.0 Å². The van der Waals surface area contributed by atoms with Gasteiger partial charge in [-0.1, -0.05) is 0 Å². The summed E-state index contributed by atoms with van der Waals surface area (Å²) in [5.41, 5.74) is 1.17. The molecule has 0 aromatic carbocycles. The Kier molecular flexibility index (Phi) is 3.53. The van der Waals surface area contributed by atoms with Crippen molar-refractivity contribution in [1.29, 1.82) is 0 Å². The molecule has 17 heavy (non-hydrogen) atoms. The molecule has 0 saturated carbocycles. The van der Waals surface area contributed by atoms with Gasteiger partial charge >= 0.3 is 5.97 Å². The number of carbonyl (C=O) groups is 1. The largest absolute Gasteiger partial charge is 0.462 e. The van der Waals surface area contributed by atoms with Crippen LogP contribution in [0.15, 0.2) is 35.3 Å². The molecule has 88 valence electrons. The van der Waals surface area contributed by atoms with Crippen LogP contribution in [0.25, 0.3) is 5.69 Å². The molecule has 2 rings (SSSR count). The first kappa shape index (κ1) is 11.8. The number of rotatable bonds is 3. The van der Waals surface area contributed by atoms with Crippen molar-refractivity contribution >= 4 is 21.9 Å². The lowest BCUT2D eigenvalue weighted by Crippen LogP contribution is -2.05. The molecule has 0 aliphatic carbocycles. The van der Waals surface area contributed by atoms with E-state index in [1.807, 2.05) is 6.07 Å². The zero-order chi connectivity index (χ0) is 12.3. The van der Waals surface area contributed by atoms with Crippen LogP contribution in [0, 0.1) is 0 Å². The van der Waals surface area contributed by atoms with Crippen LogP contribution in [0.4, 0.5) is 0 Å². The molecule has 0 saturated heterocycles. The Balaban J connectivity index is 2.37. The van der Waals surface area contributed by atoms with Crippen molar-refractivity contribution in [3.8, 4) is 5.69 Å². The third-order valence-corrected chi connectivity index (χ3v) is 2.86. The van der Waals surface area contributed by atoms with Crippen molar-refractivity contribution in [3.63, 3.8) is 0 Å². The molecule has 0 aliphatic rings. The van der Waals surface area contributed by atoms with Crippen LogP contribution >= 0.6 is 15.9 Å². The number of esters is 1. The molecular formula is C11H10BrN3O2. The van der Waals surface area contributed by atoms with E-state index < -0.39 is 5.97 Å². The SMILES string of the molecule is CCOC(=O)c1cnn(-c2cccnc2)c1Br. The van der Waals surface area contributed by atoms with Gasteiger partial charge in [-0.2, -0.15) is 5.10 Å². The summed E-state index contributed by atoms with van der Waals surface area (Å²) in [6, 6.07) is 3.65. The summed E-state index contributed by atoms with van der Waals surface area (Å²) in [5, 5.41) is 4.12. The summed E-state index contributed by atoms with van der Waals surface area (Å²) < 4.78 is 7.06. The van der Waals surface area contributed by atoms with Crippen molar-refractivity contribution in [2.24, 2.45) is 0 Å². The standard InChI is InChI=1S/C11H10BrN3O2/c1-2-17-11(16)9-7-14-15(10(9)12)8-4-3-5-13-6-8/h3-7H,2H2,1H3. The van der Waals surface area contributed by atoms with Gasteiger partial charge < -0.3 is 4.74 Å². The first-order chi connectivity index (χ1) is 8.24. The van der Waals surface area contributed by atoms with Crippen LogP contribution in [-0.4, -0.2) is 27.3 Å². The fourth-order valence-electron chi connectivity index (χ4n) is 1.34. The van der Waals surface area contributed by atoms with Crippen molar-refractivity contribution in [2.75, 3.05) is 6.61 Å². The maximum absolute atomic E-state index is 11.6. The molecule has 0 amide bonds. The number of pyridine rings is 1. The van der Waals surface area contributed by atoms with Crippen LogP contribution < -0.4 is 0 Å². The highest BCUT2D eigenvalue weighted by Gasteiger charge is 2.17. The molecule has 0 unspecified atom stereocenters. The minimum absolute atomic E-state index is 0.337. The van der Waals surface area contributed by atoms with E-state index >= 15 is 0 Å². The second-order valence-corrected chi connectivity index (χ2v) is 3.94. The third-order valence-electron chi connectivity index (χ3n) is 2.10. The van der Waals surface area contributed by atoms with Gasteiger partial charge in [0.1, 0.15) is 10.2 Å². The molecule has 2 aromatic rings. The van der Waals surface area contributed by atoms with Gasteiger partial charge in [-0.3, -0.25) is 4.98 Å². The van der Waals surface area contributed by atoms with Crippen LogP contribution in [0.2, 0.25) is 0 Å². The van der Waals surface area contributed by atoms with Crippen molar-refractivity contribution in [2.45, 2.75) is 6.92 Å². The third kappa shape index (κ3) is 2.36. The first-order valence-corrected chi connectivity index (χ1v) is 5.84. The Morgan fingerprint density at radius 2 is 2.35 bits per heavy atom. The van der Waals surface area contributed by atoms with E-state index in [2.05, 4.69) is 26.0 Å². The van der Waals surface area contributed by atoms with Gasteiger partial charge in [0.2, 0.25) is 0 Å². The predicted molar refractivity (Wildman–Crippen MR) is 65.0 cm³/mol. The number of ether oxygens (including phenoxy) is 1. The number of hydrogen-bond donors (Lipinski definition) is 0. The van der Waals surface area contributed by atoms with Gasteiger partial charge in [0.25, 0.3) is 0 Å². The lowest BCUT2D eigenvalue weighted by atomic mass is 10.3. The minimum atomic E-state index is -0.394. The quantitative estimate of drug-likeness (QED) is 0.815. The summed E-state index contributed by atoms with van der Waals surface area (Å²) >= 11 is 3.33. The first-order valence-electron chi connectivity index (χ1n) is 5.05. The lowest BCUT2D eigenvalue weighted by Gasteiger charge is -2.03. The molecule has 0 bridgehead atoms. The van der Waals surface area contributed by atoms with Crippen molar-refractivity contribution < 1.29 is 9.53 Å². The summed E-state index contributed by atoms with van der Waals surface area (Å²) in [6.07, 6.45) is 4.80. The van der Waals surface area contributed by atoms with Gasteiger partial charge in [0, 0.05) is 6.20 Å². The molecule has 0 N–H and O–H groups in total. The number of nitrogens with zero attached hydrogens (tertiary/aromatic N) is 3. The van der Waals surface area contributed by atoms with Crippen LogP contribution in [-0.2, 0) is 4.74 Å². The Bertz CT molecular complexity index is 525. The van der Waals surface area contributed by atoms with E-state index in [0.717, 1.165) is 5.69 Å². The molecule has 0 fully saturated rings. The Morgan fingerprint density at radius 1 is 1.53 bits per heavy atom. The van der Waals surface area contributed by atoms with E-state index in [1.54, 1.807) is 30.1 Å². The fourth-order valence-corrected chi connectivity index (χ4v) is 1.90. The summed E-state index contributed by atoms with van der Waals surface area (Å²) in [6.45, 7) is 2.10. The summed E-state index contributed by atoms with van der Waals surface area (Å²) in [7, 11) is 0. The molecule has 0 radical (unpaired) electrons. The molecule has 2 heterocycles. The van der Waals surface area contributed by atoms with Gasteiger partial charge in [0.15, 0.2) is 0 Å². The summed E-state index contributed by atoms with van der Waals surface area (Å²) in [5.74, 6) is -0.394. The Labute approximate surface area is 107 Å². The normalized spacial score (nSPS) is 10.2. The molecule has 0 aliphatic heterocycles. The monoisotopic (exact) mass is 295 g/mol. The summed E-state index contributed by atoms with van der Waals surface area (Å²) in [4.78, 5) is 15.6. The van der Waals surface area contributed by atoms with Crippen molar-refractivity contribution in [1.82, 2.24) is 14.8 Å². The average molecular weight is 296 g/mol. The van der Waals surface area contributed by atoms with E-state index in [-0.39, 0.29) is 0 Å². The highest BCUT2D eigenvalue weighted by Crippen LogP contribution is 2.20. The van der Waals surface area contributed by atoms with Crippen molar-refractivity contribution in [3.05, 3.63) is 40.9 Å². The van der Waals surface area contributed by atoms with Crippen LogP contribution in [0.3, 0.4) is 0 Å². The van der Waals surface area contributed by atoms with E-state index in [9.17, 15) is 4.79 Å². The van der Waals surface area contributed by atoms with E-state index in [1.165, 1.54) is 6.20 Å². The maximum Gasteiger partial charge on any atom is 0.342 e. The maximum atomic E-state index is 11.6. The fraction of sp³-hybridized carbons (Fsp3) is 0.182. The van der Waals surface area contributed by atoms with Crippen LogP contribution in [0.1, 0.15) is 17.3 Å². The van der Waals surface area contributed by atoms with E-state index in [4.69, 9.17) is 4.74 Å². The lowest BCUT2D eigenvalue weighted by molar-refractivity contribution is 0.0525. The molecular weight excluding hydrogens is 286 g/mol. The van der Waals surface area contributed by atoms with Gasteiger partial charge in [0.05, 0.1) is 24.7 Å². The molecule has 2 aromatic heterocycles. The smallest absolute Gasteiger partial charge is 0.342 e. The zero-order valence-electron chi connectivity index (χ0n) is 9.13. The van der Waals surface area contributed by atoms with Gasteiger partial charge in [-0.05, 0) is 35.0 Å². The molecule has 6 heteroatoms. The highest BCUT2D eigenvalue weighted by atomic mass is 79.9. The van der Waals surface area contributed by atoms with Gasteiger partial charge in [-0.25, -0.2) is 9.48 Å². The zero-order valence-corrected chi connectivity index (χ0v) is 10.7. The van der Waals surface area contributed by atoms with Crippen LogP contribution in [0.5, 0.6) is 0 Å². The average Bonchev–Trinajstić information content (AvgIpc) is 2.72. The highest BCUT2D eigenvalue weighted by molar-refractivity contribution is 9.10. The Hall–Kier alpha value is -1.69. The second-order valence-electron chi connectivity index (χ2n) is 3.19. The Morgan fingerprint density at radius 3 is 3.00 bits per heavy atom. The van der Waals surface area contributed by atoms with E-state index in [0.29, 0.717) is 16.8 Å². The number of halogens is 1. The number of hydrogen-bond acceptors (Lipinski definition) is 4. The second kappa shape index (κ2) is 5.09. The predicted octanol–water partition coefficient (Wildman–Crippen LogP) is 2.21. The molecule has 0 atom stereocenters. The molecule has 5 nitrogen and oxygen atoms in total. The van der Waals surface area contributed by atoms with Gasteiger partial charge in [-0.15, -0.1) is 0 Å². The number of aromatic nitrogens is 3. The molecule has 0 spiro atoms. The number of carbonyl (C=O) groups excluding carboxylic acids is 1. The minimum Gasteiger partial charge on any atom is -0.462 e.